The highest BCUT2D eigenvalue weighted by Crippen LogP contribution is 2.16. The summed E-state index contributed by atoms with van der Waals surface area (Å²) in [6, 6.07) is 0. The van der Waals surface area contributed by atoms with Crippen molar-refractivity contribution in [2.45, 2.75) is 17.8 Å². The van der Waals surface area contributed by atoms with Gasteiger partial charge in [0.2, 0.25) is 0 Å². The molecule has 0 aromatic rings. The third kappa shape index (κ3) is 3.18. The maximum absolute atomic E-state index is 11.0. The predicted molar refractivity (Wildman–Crippen MR) is 44.7 cm³/mol. The summed E-state index contributed by atoms with van der Waals surface area (Å²) >= 11 is 0. The molecule has 0 aliphatic heterocycles. The summed E-state index contributed by atoms with van der Waals surface area (Å²) in [4.78, 5) is 14.4. The number of carbonyl (C=O) groups excluding carboxylic acids is 1. The standard InChI is InChI=1S/C7H14O8/c8-1-5(11)7(13,3-9)6(12)4(10)2-15-14/h5-6,8-9,11-14H,1-3H2/t5-,6-,7+/m0/s1. The maximum Gasteiger partial charge on any atom is 0.193 e. The van der Waals surface area contributed by atoms with E-state index in [0.717, 1.165) is 0 Å². The summed E-state index contributed by atoms with van der Waals surface area (Å²) in [6.07, 6.45) is -4.09. The van der Waals surface area contributed by atoms with Gasteiger partial charge in [-0.3, -0.25) is 10.1 Å². The largest absolute Gasteiger partial charge is 0.394 e. The third-order valence-corrected chi connectivity index (χ3v) is 1.99. The first kappa shape index (κ1) is 14.4. The average Bonchev–Trinajstić information content (AvgIpc) is 2.26. The molecule has 3 atom stereocenters. The zero-order valence-corrected chi connectivity index (χ0v) is 7.78. The summed E-state index contributed by atoms with van der Waals surface area (Å²) in [5.74, 6) is -1.15. The van der Waals surface area contributed by atoms with E-state index >= 15 is 0 Å². The molecule has 0 saturated carbocycles. The lowest BCUT2D eigenvalue weighted by Gasteiger charge is -2.33. The fraction of sp³-hybridized carbons (Fsp3) is 0.857. The van der Waals surface area contributed by atoms with E-state index in [4.69, 9.17) is 20.6 Å². The Morgan fingerprint density at radius 1 is 1.33 bits per heavy atom. The van der Waals surface area contributed by atoms with Gasteiger partial charge in [-0.05, 0) is 0 Å². The van der Waals surface area contributed by atoms with E-state index in [1.165, 1.54) is 0 Å². The topological polar surface area (TPSA) is 148 Å². The molecular weight excluding hydrogens is 212 g/mol. The van der Waals surface area contributed by atoms with Crippen molar-refractivity contribution < 1.29 is 40.5 Å². The van der Waals surface area contributed by atoms with Crippen molar-refractivity contribution in [3.05, 3.63) is 0 Å². The van der Waals surface area contributed by atoms with E-state index < -0.39 is 43.4 Å². The highest BCUT2D eigenvalue weighted by atomic mass is 17.1. The lowest BCUT2D eigenvalue weighted by molar-refractivity contribution is -0.245. The molecule has 15 heavy (non-hydrogen) atoms. The molecule has 0 amide bonds. The zero-order chi connectivity index (χ0) is 12.1. The molecule has 0 spiro atoms. The van der Waals surface area contributed by atoms with Gasteiger partial charge >= 0.3 is 0 Å². The molecule has 0 heterocycles. The second-order valence-electron chi connectivity index (χ2n) is 2.99. The van der Waals surface area contributed by atoms with Crippen LogP contribution in [0.5, 0.6) is 0 Å². The minimum Gasteiger partial charge on any atom is -0.394 e. The first-order chi connectivity index (χ1) is 6.93. The monoisotopic (exact) mass is 226 g/mol. The Kier molecular flexibility index (Phi) is 5.83. The molecule has 0 radical (unpaired) electrons. The lowest BCUT2D eigenvalue weighted by Crippen LogP contribution is -2.59. The van der Waals surface area contributed by atoms with Gasteiger partial charge in [0.15, 0.2) is 5.78 Å². The molecule has 0 fully saturated rings. The number of aliphatic hydroxyl groups is 5. The lowest BCUT2D eigenvalue weighted by atomic mass is 9.89. The van der Waals surface area contributed by atoms with Crippen molar-refractivity contribution in [2.75, 3.05) is 19.8 Å². The van der Waals surface area contributed by atoms with Gasteiger partial charge < -0.3 is 25.5 Å². The molecular formula is C7H14O8. The molecule has 0 aliphatic rings. The number of rotatable bonds is 7. The smallest absolute Gasteiger partial charge is 0.193 e. The fourth-order valence-corrected chi connectivity index (χ4v) is 0.953. The minimum absolute atomic E-state index is 0.915. The van der Waals surface area contributed by atoms with Gasteiger partial charge in [0, 0.05) is 0 Å². The van der Waals surface area contributed by atoms with Gasteiger partial charge in [-0.2, -0.15) is 0 Å². The number of carbonyl (C=O) groups is 1. The van der Waals surface area contributed by atoms with E-state index in [9.17, 15) is 15.0 Å². The molecule has 8 nitrogen and oxygen atoms in total. The van der Waals surface area contributed by atoms with Crippen LogP contribution < -0.4 is 0 Å². The molecule has 0 aromatic heterocycles. The van der Waals surface area contributed by atoms with Crippen molar-refractivity contribution in [1.82, 2.24) is 0 Å². The molecule has 8 heteroatoms. The second kappa shape index (κ2) is 6.08. The van der Waals surface area contributed by atoms with Gasteiger partial charge in [0.1, 0.15) is 24.4 Å². The van der Waals surface area contributed by atoms with Gasteiger partial charge in [-0.25, -0.2) is 4.89 Å². The Labute approximate surface area is 84.9 Å². The van der Waals surface area contributed by atoms with Crippen molar-refractivity contribution in [1.29, 1.82) is 0 Å². The molecule has 0 aromatic carbocycles. The Balaban J connectivity index is 4.71. The average molecular weight is 226 g/mol. The quantitative estimate of drug-likeness (QED) is 0.193. The van der Waals surface area contributed by atoms with Crippen LogP contribution in [0.2, 0.25) is 0 Å². The van der Waals surface area contributed by atoms with Gasteiger partial charge in [-0.1, -0.05) is 0 Å². The van der Waals surface area contributed by atoms with E-state index in [-0.39, 0.29) is 0 Å². The third-order valence-electron chi connectivity index (χ3n) is 1.99. The number of ketones is 1. The van der Waals surface area contributed by atoms with Crippen LogP contribution in [0.3, 0.4) is 0 Å². The van der Waals surface area contributed by atoms with Crippen LogP contribution in [0.4, 0.5) is 0 Å². The Bertz CT molecular complexity index is 207. The minimum atomic E-state index is -2.59. The van der Waals surface area contributed by atoms with Crippen LogP contribution in [-0.4, -0.2) is 74.2 Å². The SMILES string of the molecule is O=C(COO)[C@H](O)[C@@](O)(CO)[C@@H](O)CO. The van der Waals surface area contributed by atoms with Gasteiger partial charge in [0.25, 0.3) is 0 Å². The van der Waals surface area contributed by atoms with Crippen LogP contribution in [0.15, 0.2) is 0 Å². The van der Waals surface area contributed by atoms with Crippen LogP contribution >= 0.6 is 0 Å². The van der Waals surface area contributed by atoms with Crippen LogP contribution in [0.25, 0.3) is 0 Å². The summed E-state index contributed by atoms with van der Waals surface area (Å²) in [7, 11) is 0. The molecule has 0 unspecified atom stereocenters. The van der Waals surface area contributed by atoms with Crippen molar-refractivity contribution >= 4 is 5.78 Å². The van der Waals surface area contributed by atoms with Crippen LogP contribution in [0.1, 0.15) is 0 Å². The summed E-state index contributed by atoms with van der Waals surface area (Å²) in [5.41, 5.74) is -2.59. The van der Waals surface area contributed by atoms with Crippen LogP contribution in [0, 0.1) is 0 Å². The molecule has 0 bridgehead atoms. The van der Waals surface area contributed by atoms with Gasteiger partial charge in [-0.15, -0.1) is 0 Å². The van der Waals surface area contributed by atoms with E-state index in [0.29, 0.717) is 0 Å². The van der Waals surface area contributed by atoms with E-state index in [1.54, 1.807) is 0 Å². The highest BCUT2D eigenvalue weighted by molar-refractivity contribution is 5.85. The van der Waals surface area contributed by atoms with Crippen molar-refractivity contribution in [3.63, 3.8) is 0 Å². The van der Waals surface area contributed by atoms with E-state index in [1.807, 2.05) is 0 Å². The summed E-state index contributed by atoms with van der Waals surface area (Å²) in [5, 5.41) is 53.0. The number of Topliss-reactive ketones (excluding diaryl/α,β-unsaturated/α-hetero) is 1. The Morgan fingerprint density at radius 2 is 1.87 bits per heavy atom. The molecule has 90 valence electrons. The molecule has 0 rings (SSSR count). The molecule has 0 saturated heterocycles. The van der Waals surface area contributed by atoms with Gasteiger partial charge in [0.05, 0.1) is 13.2 Å². The summed E-state index contributed by atoms with van der Waals surface area (Å²) < 4.78 is 0. The molecule has 6 N–H and O–H groups in total. The summed E-state index contributed by atoms with van der Waals surface area (Å²) in [6.45, 7) is -3.02. The Hall–Kier alpha value is -0.610. The Morgan fingerprint density at radius 3 is 2.20 bits per heavy atom. The van der Waals surface area contributed by atoms with Crippen LogP contribution in [-0.2, 0) is 9.68 Å². The second-order valence-corrected chi connectivity index (χ2v) is 2.99. The molecule has 0 aliphatic carbocycles. The maximum atomic E-state index is 11.0. The highest BCUT2D eigenvalue weighted by Gasteiger charge is 2.45. The number of hydrogen-bond donors (Lipinski definition) is 6. The number of aliphatic hydroxyl groups excluding tert-OH is 4. The zero-order valence-electron chi connectivity index (χ0n) is 7.78. The first-order valence-electron chi connectivity index (χ1n) is 4.03. The predicted octanol–water partition coefficient (Wildman–Crippen LogP) is -3.52. The fourth-order valence-electron chi connectivity index (χ4n) is 0.953. The van der Waals surface area contributed by atoms with E-state index in [2.05, 4.69) is 4.89 Å². The first-order valence-corrected chi connectivity index (χ1v) is 4.03. The van der Waals surface area contributed by atoms with Crippen molar-refractivity contribution in [3.8, 4) is 0 Å². The number of hydrogen-bond acceptors (Lipinski definition) is 8. The normalized spacial score (nSPS) is 19.3. The van der Waals surface area contributed by atoms with Crippen molar-refractivity contribution in [2.24, 2.45) is 0 Å².